The van der Waals surface area contributed by atoms with Crippen molar-refractivity contribution < 1.29 is 4.74 Å². The van der Waals surface area contributed by atoms with Crippen molar-refractivity contribution in [2.45, 2.75) is 17.5 Å². The summed E-state index contributed by atoms with van der Waals surface area (Å²) >= 11 is 4.83. The molecule has 6 nitrogen and oxygen atoms in total. The van der Waals surface area contributed by atoms with E-state index in [0.717, 1.165) is 16.5 Å². The van der Waals surface area contributed by atoms with Crippen LogP contribution < -0.4 is 10.6 Å². The minimum atomic E-state index is 0.271. The molecule has 0 saturated carbocycles. The Balaban J connectivity index is 1.36. The van der Waals surface area contributed by atoms with Crippen molar-refractivity contribution in [1.82, 2.24) is 19.9 Å². The van der Waals surface area contributed by atoms with Crippen molar-refractivity contribution in [3.05, 3.63) is 64.1 Å². The van der Waals surface area contributed by atoms with Crippen LogP contribution in [0.4, 0.5) is 0 Å². The number of benzene rings is 1. The highest BCUT2D eigenvalue weighted by Crippen LogP contribution is 2.28. The monoisotopic (exact) mass is 401 g/mol. The summed E-state index contributed by atoms with van der Waals surface area (Å²) in [5.41, 5.74) is 2.17. The summed E-state index contributed by atoms with van der Waals surface area (Å²) in [7, 11) is 0. The average molecular weight is 402 g/mol. The lowest BCUT2D eigenvalue weighted by Crippen LogP contribution is -2.15. The molecule has 9 heteroatoms. The number of thiazole rings is 1. The molecule has 3 heterocycles. The molecule has 4 rings (SSSR count). The van der Waals surface area contributed by atoms with Crippen LogP contribution in [0, 0.1) is 0 Å². The Kier molecular flexibility index (Phi) is 5.19. The predicted octanol–water partition coefficient (Wildman–Crippen LogP) is 4.05. The van der Waals surface area contributed by atoms with Gasteiger partial charge >= 0.3 is 0 Å². The minimum absolute atomic E-state index is 0.271. The number of para-hydroxylation sites is 1. The molecule has 0 bridgehead atoms. The molecule has 0 aliphatic carbocycles. The van der Waals surface area contributed by atoms with Crippen molar-refractivity contribution in [1.29, 1.82) is 0 Å². The lowest BCUT2D eigenvalue weighted by atomic mass is 10.3. The average Bonchev–Trinajstić information content (AvgIpc) is 3.41. The van der Waals surface area contributed by atoms with E-state index in [1.807, 2.05) is 30.3 Å². The molecule has 0 amide bonds. The molecule has 132 valence electrons. The third kappa shape index (κ3) is 3.90. The molecular formula is C17H15N5OS3. The molecular weight excluding hydrogens is 386 g/mol. The number of hydrogen-bond donors (Lipinski definition) is 1. The van der Waals surface area contributed by atoms with E-state index < -0.39 is 0 Å². The van der Waals surface area contributed by atoms with Crippen LogP contribution in [-0.2, 0) is 12.4 Å². The smallest absolute Gasteiger partial charge is 0.210 e. The molecule has 0 aliphatic rings. The molecule has 0 aliphatic heterocycles. The fourth-order valence-corrected chi connectivity index (χ4v) is 4.60. The lowest BCUT2D eigenvalue weighted by molar-refractivity contribution is 0.291. The number of nitrogens with two attached hydrogens (primary N) is 1. The molecule has 4 aromatic rings. The zero-order chi connectivity index (χ0) is 17.8. The number of ether oxygens (including phenoxy) is 1. The molecule has 0 unspecified atom stereocenters. The van der Waals surface area contributed by atoms with Crippen LogP contribution in [0.15, 0.2) is 57.7 Å². The zero-order valence-electron chi connectivity index (χ0n) is 13.6. The minimum Gasteiger partial charge on any atom is -0.486 e. The number of aromatic nitrogens is 4. The second-order valence-electron chi connectivity index (χ2n) is 5.32. The summed E-state index contributed by atoms with van der Waals surface area (Å²) in [6, 6.07) is 11.6. The topological polar surface area (TPSA) is 78.9 Å². The largest absolute Gasteiger partial charge is 0.486 e. The second-order valence-corrected chi connectivity index (χ2v) is 7.90. The first-order chi connectivity index (χ1) is 12.8. The quantitative estimate of drug-likeness (QED) is 0.372. The Morgan fingerprint density at radius 1 is 1.12 bits per heavy atom. The summed E-state index contributed by atoms with van der Waals surface area (Å²) in [4.78, 5) is 4.66. The normalized spacial score (nSPS) is 10.9. The first kappa shape index (κ1) is 17.1. The van der Waals surface area contributed by atoms with E-state index in [4.69, 9.17) is 10.6 Å². The first-order valence-electron chi connectivity index (χ1n) is 7.76. The predicted molar refractivity (Wildman–Crippen MR) is 106 cm³/mol. The molecule has 0 saturated heterocycles. The Morgan fingerprint density at radius 2 is 2.00 bits per heavy atom. The summed E-state index contributed by atoms with van der Waals surface area (Å²) in [5, 5.41) is 16.2. The van der Waals surface area contributed by atoms with Gasteiger partial charge in [-0.05, 0) is 23.6 Å². The van der Waals surface area contributed by atoms with Gasteiger partial charge in [-0.1, -0.05) is 30.0 Å². The van der Waals surface area contributed by atoms with Crippen molar-refractivity contribution in [2.75, 3.05) is 5.84 Å². The van der Waals surface area contributed by atoms with Gasteiger partial charge in [-0.15, -0.1) is 21.5 Å². The zero-order valence-corrected chi connectivity index (χ0v) is 16.1. The highest BCUT2D eigenvalue weighted by Gasteiger charge is 2.12. The fraction of sp³-hybridized carbons (Fsp3) is 0.118. The standard InChI is InChI=1S/C17H15N5OS3/c18-22-15(8-23-14-4-2-1-3-5-14)20-21-17(22)26-11-13-10-25-16(19-13)12-6-7-24-9-12/h1-7,9-10H,8,11,18H2. The van der Waals surface area contributed by atoms with Crippen LogP contribution in [0.25, 0.3) is 10.6 Å². The molecule has 1 aromatic carbocycles. The van der Waals surface area contributed by atoms with Gasteiger partial charge in [0.25, 0.3) is 0 Å². The number of hydrogen-bond acceptors (Lipinski definition) is 8. The third-order valence-corrected chi connectivity index (χ3v) is 6.12. The molecule has 0 fully saturated rings. The lowest BCUT2D eigenvalue weighted by Gasteiger charge is -2.05. The number of nitrogen functional groups attached to an aromatic ring is 1. The highest BCUT2D eigenvalue weighted by molar-refractivity contribution is 7.98. The SMILES string of the molecule is Nn1c(COc2ccccc2)nnc1SCc1csc(-c2ccsc2)n1. The number of thioether (sulfide) groups is 1. The maximum Gasteiger partial charge on any atom is 0.210 e. The van der Waals surface area contributed by atoms with Gasteiger partial charge in [0.2, 0.25) is 5.16 Å². The van der Waals surface area contributed by atoms with Crippen LogP contribution in [0.3, 0.4) is 0 Å². The van der Waals surface area contributed by atoms with Gasteiger partial charge in [-0.2, -0.15) is 11.3 Å². The Bertz CT molecular complexity index is 966. The van der Waals surface area contributed by atoms with E-state index in [-0.39, 0.29) is 6.61 Å². The van der Waals surface area contributed by atoms with Crippen LogP contribution in [0.5, 0.6) is 5.75 Å². The second kappa shape index (κ2) is 7.90. The van der Waals surface area contributed by atoms with Gasteiger partial charge < -0.3 is 10.6 Å². The van der Waals surface area contributed by atoms with Gasteiger partial charge in [0, 0.05) is 22.1 Å². The van der Waals surface area contributed by atoms with Gasteiger partial charge in [0.1, 0.15) is 17.4 Å². The van der Waals surface area contributed by atoms with Gasteiger partial charge in [0.15, 0.2) is 5.82 Å². The van der Waals surface area contributed by atoms with Gasteiger partial charge in [-0.3, -0.25) is 0 Å². The van der Waals surface area contributed by atoms with E-state index in [0.29, 0.717) is 16.7 Å². The molecule has 0 atom stereocenters. The van der Waals surface area contributed by atoms with Crippen LogP contribution >= 0.6 is 34.4 Å². The van der Waals surface area contributed by atoms with Crippen molar-refractivity contribution in [3.8, 4) is 16.3 Å². The third-order valence-electron chi connectivity index (χ3n) is 3.52. The Hall–Kier alpha value is -2.36. The molecule has 0 radical (unpaired) electrons. The van der Waals surface area contributed by atoms with Gasteiger partial charge in [-0.25, -0.2) is 9.66 Å². The number of thiophene rings is 1. The molecule has 3 aromatic heterocycles. The van der Waals surface area contributed by atoms with Crippen molar-refractivity contribution in [3.63, 3.8) is 0 Å². The molecule has 2 N–H and O–H groups in total. The number of nitrogens with zero attached hydrogens (tertiary/aromatic N) is 4. The molecule has 0 spiro atoms. The van der Waals surface area contributed by atoms with E-state index in [1.54, 1.807) is 22.7 Å². The fourth-order valence-electron chi connectivity index (χ4n) is 2.20. The van der Waals surface area contributed by atoms with E-state index >= 15 is 0 Å². The summed E-state index contributed by atoms with van der Waals surface area (Å²) in [5.74, 6) is 8.13. The van der Waals surface area contributed by atoms with Crippen LogP contribution in [0.2, 0.25) is 0 Å². The maximum atomic E-state index is 6.09. The first-order valence-corrected chi connectivity index (χ1v) is 10.6. The van der Waals surface area contributed by atoms with Crippen molar-refractivity contribution >= 4 is 34.4 Å². The summed E-state index contributed by atoms with van der Waals surface area (Å²) in [6.45, 7) is 0.271. The Labute approximate surface area is 162 Å². The molecule has 26 heavy (non-hydrogen) atoms. The van der Waals surface area contributed by atoms with Crippen molar-refractivity contribution in [2.24, 2.45) is 0 Å². The van der Waals surface area contributed by atoms with Crippen LogP contribution in [-0.4, -0.2) is 19.9 Å². The maximum absolute atomic E-state index is 6.09. The summed E-state index contributed by atoms with van der Waals surface area (Å²) < 4.78 is 7.14. The highest BCUT2D eigenvalue weighted by atomic mass is 32.2. The Morgan fingerprint density at radius 3 is 2.81 bits per heavy atom. The van der Waals surface area contributed by atoms with E-state index in [2.05, 4.69) is 37.4 Å². The summed E-state index contributed by atoms with van der Waals surface area (Å²) in [6.07, 6.45) is 0. The van der Waals surface area contributed by atoms with Crippen LogP contribution in [0.1, 0.15) is 11.5 Å². The van der Waals surface area contributed by atoms with E-state index in [9.17, 15) is 0 Å². The number of rotatable bonds is 7. The van der Waals surface area contributed by atoms with Gasteiger partial charge in [0.05, 0.1) is 5.69 Å². The van der Waals surface area contributed by atoms with E-state index in [1.165, 1.54) is 22.0 Å².